The SMILES string of the molecule is O=C(O)CNC(=O)c1cc2ccccc2o1. The smallest absolute Gasteiger partial charge is 0.322 e. The fourth-order valence-electron chi connectivity index (χ4n) is 1.34. The molecule has 0 saturated heterocycles. The standard InChI is InChI=1S/C11H9NO4/c13-10(14)6-12-11(15)9-5-7-3-1-2-4-8(7)16-9/h1-5H,6H2,(H,12,15)(H,13,14). The number of aliphatic carboxylic acids is 1. The van der Waals surface area contributed by atoms with E-state index >= 15 is 0 Å². The fraction of sp³-hybridized carbons (Fsp3) is 0.0909. The first-order valence-corrected chi connectivity index (χ1v) is 4.65. The van der Waals surface area contributed by atoms with E-state index in [9.17, 15) is 9.59 Å². The van der Waals surface area contributed by atoms with Gasteiger partial charge < -0.3 is 14.8 Å². The van der Waals surface area contributed by atoms with Gasteiger partial charge in [0.25, 0.3) is 5.91 Å². The normalized spacial score (nSPS) is 10.2. The Labute approximate surface area is 90.7 Å². The second kappa shape index (κ2) is 4.06. The van der Waals surface area contributed by atoms with Gasteiger partial charge in [0.2, 0.25) is 0 Å². The molecule has 5 nitrogen and oxygen atoms in total. The summed E-state index contributed by atoms with van der Waals surface area (Å²) in [5.41, 5.74) is 0.600. The maximum absolute atomic E-state index is 11.5. The third kappa shape index (κ3) is 2.03. The summed E-state index contributed by atoms with van der Waals surface area (Å²) in [7, 11) is 0. The number of amides is 1. The van der Waals surface area contributed by atoms with Crippen LogP contribution < -0.4 is 5.32 Å². The molecule has 0 aliphatic rings. The van der Waals surface area contributed by atoms with Crippen LogP contribution in [0.4, 0.5) is 0 Å². The Morgan fingerprint density at radius 3 is 2.75 bits per heavy atom. The molecule has 0 aliphatic heterocycles. The summed E-state index contributed by atoms with van der Waals surface area (Å²) in [4.78, 5) is 21.7. The maximum atomic E-state index is 11.5. The number of carbonyl (C=O) groups excluding carboxylic acids is 1. The second-order valence-electron chi connectivity index (χ2n) is 3.22. The molecule has 0 spiro atoms. The van der Waals surface area contributed by atoms with Gasteiger partial charge >= 0.3 is 5.97 Å². The molecule has 82 valence electrons. The average Bonchev–Trinajstić information content (AvgIpc) is 2.69. The van der Waals surface area contributed by atoms with E-state index in [1.807, 2.05) is 12.1 Å². The third-order valence-electron chi connectivity index (χ3n) is 2.05. The van der Waals surface area contributed by atoms with E-state index < -0.39 is 18.4 Å². The highest BCUT2D eigenvalue weighted by Gasteiger charge is 2.12. The summed E-state index contributed by atoms with van der Waals surface area (Å²) in [6, 6.07) is 8.75. The fourth-order valence-corrected chi connectivity index (χ4v) is 1.34. The summed E-state index contributed by atoms with van der Waals surface area (Å²) < 4.78 is 5.26. The van der Waals surface area contributed by atoms with Gasteiger partial charge in [0.15, 0.2) is 5.76 Å². The van der Waals surface area contributed by atoms with Crippen LogP contribution in [-0.4, -0.2) is 23.5 Å². The summed E-state index contributed by atoms with van der Waals surface area (Å²) in [6.45, 7) is -0.421. The summed E-state index contributed by atoms with van der Waals surface area (Å²) >= 11 is 0. The number of rotatable bonds is 3. The van der Waals surface area contributed by atoms with Crippen molar-refractivity contribution in [2.45, 2.75) is 0 Å². The van der Waals surface area contributed by atoms with E-state index in [4.69, 9.17) is 9.52 Å². The van der Waals surface area contributed by atoms with Crippen LogP contribution in [0.1, 0.15) is 10.6 Å². The molecule has 1 aromatic carbocycles. The van der Waals surface area contributed by atoms with Crippen LogP contribution >= 0.6 is 0 Å². The van der Waals surface area contributed by atoms with Gasteiger partial charge in [-0.1, -0.05) is 18.2 Å². The van der Waals surface area contributed by atoms with E-state index in [1.165, 1.54) is 0 Å². The Hall–Kier alpha value is -2.30. The zero-order chi connectivity index (χ0) is 11.5. The molecule has 1 heterocycles. The van der Waals surface area contributed by atoms with Gasteiger partial charge in [0, 0.05) is 5.39 Å². The van der Waals surface area contributed by atoms with Crippen molar-refractivity contribution in [2.75, 3.05) is 6.54 Å². The lowest BCUT2D eigenvalue weighted by molar-refractivity contribution is -0.135. The number of carbonyl (C=O) groups is 2. The van der Waals surface area contributed by atoms with Crippen LogP contribution in [0.5, 0.6) is 0 Å². The Bertz CT molecular complexity index is 511. The van der Waals surface area contributed by atoms with Crippen LogP contribution in [0.2, 0.25) is 0 Å². The summed E-state index contributed by atoms with van der Waals surface area (Å²) in [5, 5.41) is 11.4. The number of furan rings is 1. The molecule has 0 saturated carbocycles. The van der Waals surface area contributed by atoms with Gasteiger partial charge in [-0.25, -0.2) is 0 Å². The van der Waals surface area contributed by atoms with E-state index in [1.54, 1.807) is 18.2 Å². The first-order chi connectivity index (χ1) is 7.66. The highest BCUT2D eigenvalue weighted by Crippen LogP contribution is 2.18. The summed E-state index contributed by atoms with van der Waals surface area (Å²) in [5.74, 6) is -1.51. The minimum absolute atomic E-state index is 0.113. The molecule has 0 bridgehead atoms. The number of benzene rings is 1. The lowest BCUT2D eigenvalue weighted by atomic mass is 10.2. The van der Waals surface area contributed by atoms with Gasteiger partial charge in [-0.2, -0.15) is 0 Å². The van der Waals surface area contributed by atoms with Gasteiger partial charge in [-0.05, 0) is 12.1 Å². The topological polar surface area (TPSA) is 79.5 Å². The highest BCUT2D eigenvalue weighted by molar-refractivity contribution is 5.97. The number of fused-ring (bicyclic) bond motifs is 1. The molecule has 0 aliphatic carbocycles. The van der Waals surface area contributed by atoms with Crippen molar-refractivity contribution < 1.29 is 19.1 Å². The molecule has 1 amide bonds. The van der Waals surface area contributed by atoms with Crippen LogP contribution in [0.3, 0.4) is 0 Å². The van der Waals surface area contributed by atoms with Gasteiger partial charge in [0.1, 0.15) is 12.1 Å². The van der Waals surface area contributed by atoms with E-state index in [0.29, 0.717) is 5.58 Å². The van der Waals surface area contributed by atoms with Crippen molar-refractivity contribution >= 4 is 22.8 Å². The van der Waals surface area contributed by atoms with Crippen molar-refractivity contribution in [3.05, 3.63) is 36.1 Å². The van der Waals surface area contributed by atoms with Crippen LogP contribution in [0, 0.1) is 0 Å². The van der Waals surface area contributed by atoms with Crippen molar-refractivity contribution in [3.8, 4) is 0 Å². The molecule has 2 N–H and O–H groups in total. The van der Waals surface area contributed by atoms with Crippen molar-refractivity contribution in [2.24, 2.45) is 0 Å². The first kappa shape index (κ1) is 10.2. The number of hydrogen-bond donors (Lipinski definition) is 2. The minimum Gasteiger partial charge on any atom is -0.480 e. The first-order valence-electron chi connectivity index (χ1n) is 4.65. The summed E-state index contributed by atoms with van der Waals surface area (Å²) in [6.07, 6.45) is 0. The number of para-hydroxylation sites is 1. The van der Waals surface area contributed by atoms with E-state index in [2.05, 4.69) is 5.32 Å². The molecule has 0 atom stereocenters. The molecule has 0 unspecified atom stereocenters. The van der Waals surface area contributed by atoms with E-state index in [-0.39, 0.29) is 5.76 Å². The minimum atomic E-state index is -1.09. The largest absolute Gasteiger partial charge is 0.480 e. The van der Waals surface area contributed by atoms with Crippen molar-refractivity contribution in [1.82, 2.24) is 5.32 Å². The number of hydrogen-bond acceptors (Lipinski definition) is 3. The van der Waals surface area contributed by atoms with Crippen LogP contribution in [0.25, 0.3) is 11.0 Å². The maximum Gasteiger partial charge on any atom is 0.322 e. The predicted octanol–water partition coefficient (Wildman–Crippen LogP) is 1.25. The van der Waals surface area contributed by atoms with Gasteiger partial charge in [-0.3, -0.25) is 9.59 Å². The van der Waals surface area contributed by atoms with Crippen molar-refractivity contribution in [1.29, 1.82) is 0 Å². The predicted molar refractivity (Wildman–Crippen MR) is 56.2 cm³/mol. The number of carboxylic acid groups (broad SMARTS) is 1. The molecule has 5 heteroatoms. The quantitative estimate of drug-likeness (QED) is 0.814. The van der Waals surface area contributed by atoms with Crippen LogP contribution in [0.15, 0.2) is 34.7 Å². The zero-order valence-electron chi connectivity index (χ0n) is 8.27. The lowest BCUT2D eigenvalue weighted by Crippen LogP contribution is -2.28. The molecule has 0 fully saturated rings. The zero-order valence-corrected chi connectivity index (χ0v) is 8.27. The highest BCUT2D eigenvalue weighted by atomic mass is 16.4. The molecule has 1 aromatic heterocycles. The Balaban J connectivity index is 2.20. The third-order valence-corrected chi connectivity index (χ3v) is 2.05. The van der Waals surface area contributed by atoms with Gasteiger partial charge in [0.05, 0.1) is 0 Å². The Kier molecular flexibility index (Phi) is 2.59. The molecule has 2 aromatic rings. The second-order valence-corrected chi connectivity index (χ2v) is 3.22. The molecule has 0 radical (unpaired) electrons. The Morgan fingerprint density at radius 2 is 2.06 bits per heavy atom. The van der Waals surface area contributed by atoms with Crippen LogP contribution in [-0.2, 0) is 4.79 Å². The van der Waals surface area contributed by atoms with E-state index in [0.717, 1.165) is 5.39 Å². The van der Waals surface area contributed by atoms with Gasteiger partial charge in [-0.15, -0.1) is 0 Å². The Morgan fingerprint density at radius 1 is 1.31 bits per heavy atom. The number of carboxylic acids is 1. The molecular weight excluding hydrogens is 210 g/mol. The molecule has 16 heavy (non-hydrogen) atoms. The average molecular weight is 219 g/mol. The monoisotopic (exact) mass is 219 g/mol. The lowest BCUT2D eigenvalue weighted by Gasteiger charge is -1.97. The molecular formula is C11H9NO4. The molecule has 2 rings (SSSR count). The van der Waals surface area contributed by atoms with Crippen molar-refractivity contribution in [3.63, 3.8) is 0 Å². The number of nitrogens with one attached hydrogen (secondary N) is 1.